The van der Waals surface area contributed by atoms with Crippen molar-refractivity contribution in [3.63, 3.8) is 0 Å². The van der Waals surface area contributed by atoms with Crippen LogP contribution in [0.3, 0.4) is 0 Å². The summed E-state index contributed by atoms with van der Waals surface area (Å²) in [6, 6.07) is 0. The maximum absolute atomic E-state index is 12.5. The van der Waals surface area contributed by atoms with Gasteiger partial charge in [0.15, 0.2) is 0 Å². The SMILES string of the molecule is CCCNCC(C)S(=O)(=O)N(CCC)CCN(C)C. The molecular formula is C13H31N3O2S. The van der Waals surface area contributed by atoms with E-state index in [0.717, 1.165) is 25.9 Å². The van der Waals surface area contributed by atoms with E-state index in [-0.39, 0.29) is 5.25 Å². The number of sulfonamides is 1. The largest absolute Gasteiger partial charge is 0.315 e. The van der Waals surface area contributed by atoms with Crippen LogP contribution in [0.4, 0.5) is 0 Å². The van der Waals surface area contributed by atoms with E-state index >= 15 is 0 Å². The van der Waals surface area contributed by atoms with Crippen LogP contribution in [0.2, 0.25) is 0 Å². The molecule has 19 heavy (non-hydrogen) atoms. The lowest BCUT2D eigenvalue weighted by Gasteiger charge is -2.26. The molecule has 0 spiro atoms. The first-order valence-electron chi connectivity index (χ1n) is 7.20. The highest BCUT2D eigenvalue weighted by molar-refractivity contribution is 7.89. The van der Waals surface area contributed by atoms with Crippen LogP contribution < -0.4 is 5.32 Å². The van der Waals surface area contributed by atoms with Gasteiger partial charge in [0.25, 0.3) is 0 Å². The average molecular weight is 293 g/mol. The molecule has 0 aromatic carbocycles. The fourth-order valence-electron chi connectivity index (χ4n) is 1.77. The van der Waals surface area contributed by atoms with Gasteiger partial charge in [0.05, 0.1) is 5.25 Å². The second-order valence-corrected chi connectivity index (χ2v) is 7.61. The van der Waals surface area contributed by atoms with Crippen LogP contribution in [0.5, 0.6) is 0 Å². The number of rotatable bonds is 11. The highest BCUT2D eigenvalue weighted by Crippen LogP contribution is 2.09. The lowest BCUT2D eigenvalue weighted by atomic mass is 10.4. The van der Waals surface area contributed by atoms with E-state index in [1.165, 1.54) is 0 Å². The minimum absolute atomic E-state index is 0.368. The molecular weight excluding hydrogens is 262 g/mol. The van der Waals surface area contributed by atoms with Crippen molar-refractivity contribution >= 4 is 10.0 Å². The molecule has 5 nitrogen and oxygen atoms in total. The molecule has 0 aromatic rings. The van der Waals surface area contributed by atoms with Crippen molar-refractivity contribution in [2.75, 3.05) is 46.8 Å². The van der Waals surface area contributed by atoms with E-state index < -0.39 is 10.0 Å². The van der Waals surface area contributed by atoms with Crippen LogP contribution in [-0.4, -0.2) is 69.7 Å². The van der Waals surface area contributed by atoms with Gasteiger partial charge in [-0.2, -0.15) is 0 Å². The normalized spacial score (nSPS) is 14.3. The van der Waals surface area contributed by atoms with Gasteiger partial charge in [-0.15, -0.1) is 0 Å². The highest BCUT2D eigenvalue weighted by Gasteiger charge is 2.27. The maximum atomic E-state index is 12.5. The molecule has 0 radical (unpaired) electrons. The first kappa shape index (κ1) is 18.8. The van der Waals surface area contributed by atoms with Crippen molar-refractivity contribution in [2.24, 2.45) is 0 Å². The van der Waals surface area contributed by atoms with E-state index in [9.17, 15) is 8.42 Å². The summed E-state index contributed by atoms with van der Waals surface area (Å²) in [6.07, 6.45) is 1.87. The minimum atomic E-state index is -3.20. The molecule has 0 aliphatic rings. The third-order valence-corrected chi connectivity index (χ3v) is 5.27. The number of nitrogens with one attached hydrogen (secondary N) is 1. The molecule has 1 atom stereocenters. The van der Waals surface area contributed by atoms with Crippen LogP contribution in [0, 0.1) is 0 Å². The quantitative estimate of drug-likeness (QED) is 0.577. The molecule has 0 saturated heterocycles. The average Bonchev–Trinajstić information content (AvgIpc) is 2.34. The first-order valence-corrected chi connectivity index (χ1v) is 8.70. The van der Waals surface area contributed by atoms with Crippen LogP contribution >= 0.6 is 0 Å². The summed E-state index contributed by atoms with van der Waals surface area (Å²) in [5.74, 6) is 0. The number of hydrogen-bond acceptors (Lipinski definition) is 4. The summed E-state index contributed by atoms with van der Waals surface area (Å²) in [6.45, 7) is 9.20. The summed E-state index contributed by atoms with van der Waals surface area (Å²) >= 11 is 0. The molecule has 0 rings (SSSR count). The summed E-state index contributed by atoms with van der Waals surface area (Å²) < 4.78 is 26.6. The molecule has 0 aromatic heterocycles. The van der Waals surface area contributed by atoms with Gasteiger partial charge in [-0.25, -0.2) is 12.7 Å². The third-order valence-electron chi connectivity index (χ3n) is 3.00. The van der Waals surface area contributed by atoms with E-state index in [2.05, 4.69) is 12.2 Å². The zero-order valence-electron chi connectivity index (χ0n) is 13.1. The lowest BCUT2D eigenvalue weighted by Crippen LogP contribution is -2.44. The van der Waals surface area contributed by atoms with Gasteiger partial charge in [-0.1, -0.05) is 13.8 Å². The van der Waals surface area contributed by atoms with Gasteiger partial charge in [0, 0.05) is 26.2 Å². The number of hydrogen-bond donors (Lipinski definition) is 1. The fraction of sp³-hybridized carbons (Fsp3) is 1.00. The number of likely N-dealkylation sites (N-methyl/N-ethyl adjacent to an activating group) is 1. The van der Waals surface area contributed by atoms with Crippen LogP contribution in [0.25, 0.3) is 0 Å². The molecule has 0 fully saturated rings. The van der Waals surface area contributed by atoms with Crippen molar-refractivity contribution in [3.05, 3.63) is 0 Å². The molecule has 6 heteroatoms. The predicted molar refractivity (Wildman–Crippen MR) is 82.0 cm³/mol. The molecule has 0 amide bonds. The fourth-order valence-corrected chi connectivity index (χ4v) is 3.38. The monoisotopic (exact) mass is 293 g/mol. The minimum Gasteiger partial charge on any atom is -0.315 e. The standard InChI is InChI=1S/C13H31N3O2S/c1-6-8-14-12-13(3)19(17,18)16(9-7-2)11-10-15(4)5/h13-14H,6-12H2,1-5H3. The zero-order valence-corrected chi connectivity index (χ0v) is 14.0. The van der Waals surface area contributed by atoms with Crippen molar-refractivity contribution in [2.45, 2.75) is 38.9 Å². The lowest BCUT2D eigenvalue weighted by molar-refractivity contribution is 0.330. The Bertz CT molecular complexity index is 318. The van der Waals surface area contributed by atoms with Crippen LogP contribution in [0.15, 0.2) is 0 Å². The molecule has 116 valence electrons. The van der Waals surface area contributed by atoms with Crippen molar-refractivity contribution < 1.29 is 8.42 Å². The molecule has 0 heterocycles. The van der Waals surface area contributed by atoms with Crippen LogP contribution in [0.1, 0.15) is 33.6 Å². The first-order chi connectivity index (χ1) is 8.86. The van der Waals surface area contributed by atoms with Crippen molar-refractivity contribution in [1.29, 1.82) is 0 Å². The van der Waals surface area contributed by atoms with Crippen molar-refractivity contribution in [1.82, 2.24) is 14.5 Å². The molecule has 0 aliphatic carbocycles. The second-order valence-electron chi connectivity index (χ2n) is 5.26. The Hall–Kier alpha value is -0.170. The van der Waals surface area contributed by atoms with Gasteiger partial charge in [0.2, 0.25) is 10.0 Å². The summed E-state index contributed by atoms with van der Waals surface area (Å²) in [7, 11) is 0.727. The Balaban J connectivity index is 4.57. The highest BCUT2D eigenvalue weighted by atomic mass is 32.2. The molecule has 1 N–H and O–H groups in total. The van der Waals surface area contributed by atoms with Gasteiger partial charge < -0.3 is 10.2 Å². The van der Waals surface area contributed by atoms with Gasteiger partial charge >= 0.3 is 0 Å². The van der Waals surface area contributed by atoms with Gasteiger partial charge in [-0.05, 0) is 40.4 Å². The topological polar surface area (TPSA) is 52.7 Å². The molecule has 1 unspecified atom stereocenters. The Kier molecular flexibility index (Phi) is 9.60. The number of nitrogens with zero attached hydrogens (tertiary/aromatic N) is 2. The Morgan fingerprint density at radius 2 is 1.68 bits per heavy atom. The second kappa shape index (κ2) is 9.69. The van der Waals surface area contributed by atoms with Gasteiger partial charge in [0.1, 0.15) is 0 Å². The molecule has 0 saturated carbocycles. The maximum Gasteiger partial charge on any atom is 0.218 e. The summed E-state index contributed by atoms with van der Waals surface area (Å²) in [5, 5.41) is 2.82. The van der Waals surface area contributed by atoms with E-state index in [1.807, 2.05) is 25.9 Å². The summed E-state index contributed by atoms with van der Waals surface area (Å²) in [4.78, 5) is 2.01. The smallest absolute Gasteiger partial charge is 0.218 e. The Morgan fingerprint density at radius 3 is 2.16 bits per heavy atom. The van der Waals surface area contributed by atoms with Crippen LogP contribution in [-0.2, 0) is 10.0 Å². The predicted octanol–water partition coefficient (Wildman–Crippen LogP) is 0.978. The van der Waals surface area contributed by atoms with Crippen molar-refractivity contribution in [3.8, 4) is 0 Å². The molecule has 0 aliphatic heterocycles. The van der Waals surface area contributed by atoms with E-state index in [0.29, 0.717) is 19.6 Å². The van der Waals surface area contributed by atoms with E-state index in [1.54, 1.807) is 11.2 Å². The van der Waals surface area contributed by atoms with Gasteiger partial charge in [-0.3, -0.25) is 0 Å². The Morgan fingerprint density at radius 1 is 1.05 bits per heavy atom. The third kappa shape index (κ3) is 7.25. The summed E-state index contributed by atoms with van der Waals surface area (Å²) in [5.41, 5.74) is 0. The Labute approximate surface area is 119 Å². The van der Waals surface area contributed by atoms with E-state index in [4.69, 9.17) is 0 Å². The zero-order chi connectivity index (χ0) is 14.9. The molecule has 0 bridgehead atoms.